The smallest absolute Gasteiger partial charge is 0.115 e. The average Bonchev–Trinajstić information content (AvgIpc) is 2.33. The average molecular weight is 237 g/mol. The summed E-state index contributed by atoms with van der Waals surface area (Å²) in [6.45, 7) is 2.03. The minimum atomic E-state index is 0.341. The van der Waals surface area contributed by atoms with Gasteiger partial charge in [0.15, 0.2) is 0 Å². The summed E-state index contributed by atoms with van der Waals surface area (Å²) in [6.07, 6.45) is 2.71. The van der Waals surface area contributed by atoms with Crippen molar-refractivity contribution in [3.05, 3.63) is 29.8 Å². The monoisotopic (exact) mass is 237 g/mol. The van der Waals surface area contributed by atoms with Crippen LogP contribution in [-0.2, 0) is 6.54 Å². The zero-order valence-corrected chi connectivity index (χ0v) is 10.3. The van der Waals surface area contributed by atoms with Crippen LogP contribution in [0, 0.1) is 5.92 Å². The van der Waals surface area contributed by atoms with Gasteiger partial charge in [-0.2, -0.15) is 11.8 Å². The van der Waals surface area contributed by atoms with E-state index in [1.807, 2.05) is 12.1 Å². The molecule has 0 aromatic heterocycles. The van der Waals surface area contributed by atoms with Crippen LogP contribution in [0.3, 0.4) is 0 Å². The number of benzene rings is 1. The third kappa shape index (κ3) is 3.72. The number of phenols is 1. The predicted molar refractivity (Wildman–Crippen MR) is 69.9 cm³/mol. The van der Waals surface area contributed by atoms with Gasteiger partial charge in [-0.15, -0.1) is 0 Å². The Hall–Kier alpha value is -0.670. The zero-order valence-electron chi connectivity index (χ0n) is 9.48. The van der Waals surface area contributed by atoms with Gasteiger partial charge in [0.1, 0.15) is 5.75 Å². The van der Waals surface area contributed by atoms with E-state index in [2.05, 4.69) is 17.1 Å². The van der Waals surface area contributed by atoms with Gasteiger partial charge in [-0.1, -0.05) is 12.1 Å². The van der Waals surface area contributed by atoms with Crippen LogP contribution in [0.4, 0.5) is 0 Å². The van der Waals surface area contributed by atoms with E-state index < -0.39 is 0 Å². The van der Waals surface area contributed by atoms with Crippen LogP contribution < -0.4 is 5.32 Å². The lowest BCUT2D eigenvalue weighted by atomic mass is 10.0. The van der Waals surface area contributed by atoms with E-state index >= 15 is 0 Å². The van der Waals surface area contributed by atoms with E-state index in [0.29, 0.717) is 5.75 Å². The van der Waals surface area contributed by atoms with Gasteiger partial charge in [0, 0.05) is 6.54 Å². The molecule has 0 amide bonds. The number of hydrogen-bond donors (Lipinski definition) is 2. The normalized spacial score (nSPS) is 17.5. The second-order valence-electron chi connectivity index (χ2n) is 4.35. The minimum Gasteiger partial charge on any atom is -0.508 e. The van der Waals surface area contributed by atoms with Crippen LogP contribution in [0.1, 0.15) is 18.4 Å². The van der Waals surface area contributed by atoms with Crippen molar-refractivity contribution in [3.63, 3.8) is 0 Å². The van der Waals surface area contributed by atoms with Crippen molar-refractivity contribution in [3.8, 4) is 5.75 Å². The maximum Gasteiger partial charge on any atom is 0.115 e. The highest BCUT2D eigenvalue weighted by molar-refractivity contribution is 7.99. The Labute approximate surface area is 101 Å². The van der Waals surface area contributed by atoms with Gasteiger partial charge in [-0.3, -0.25) is 0 Å². The molecule has 1 saturated heterocycles. The standard InChI is InChI=1S/C13H19NOS/c15-13-3-1-11(2-4-13)9-14-10-12-5-7-16-8-6-12/h1-4,12,14-15H,5-10H2. The summed E-state index contributed by atoms with van der Waals surface area (Å²) < 4.78 is 0. The summed E-state index contributed by atoms with van der Waals surface area (Å²) in [6, 6.07) is 7.43. The highest BCUT2D eigenvalue weighted by Crippen LogP contribution is 2.21. The van der Waals surface area contributed by atoms with E-state index in [1.165, 1.54) is 29.9 Å². The number of aromatic hydroxyl groups is 1. The molecule has 2 N–H and O–H groups in total. The Bertz CT molecular complexity index is 306. The molecule has 1 fully saturated rings. The van der Waals surface area contributed by atoms with Crippen LogP contribution in [0.2, 0.25) is 0 Å². The Morgan fingerprint density at radius 2 is 1.88 bits per heavy atom. The summed E-state index contributed by atoms with van der Waals surface area (Å²) in [4.78, 5) is 0. The molecule has 0 bridgehead atoms. The molecule has 0 unspecified atom stereocenters. The number of thioether (sulfide) groups is 1. The van der Waals surface area contributed by atoms with Gasteiger partial charge in [0.25, 0.3) is 0 Å². The Morgan fingerprint density at radius 1 is 1.19 bits per heavy atom. The summed E-state index contributed by atoms with van der Waals surface area (Å²) in [7, 11) is 0. The highest BCUT2D eigenvalue weighted by atomic mass is 32.2. The lowest BCUT2D eigenvalue weighted by molar-refractivity contribution is 0.447. The van der Waals surface area contributed by atoms with Gasteiger partial charge in [0.2, 0.25) is 0 Å². The molecular weight excluding hydrogens is 218 g/mol. The molecule has 0 radical (unpaired) electrons. The lowest BCUT2D eigenvalue weighted by Crippen LogP contribution is -2.25. The summed E-state index contributed by atoms with van der Waals surface area (Å²) >= 11 is 2.07. The molecule has 1 aliphatic rings. The molecule has 16 heavy (non-hydrogen) atoms. The maximum atomic E-state index is 9.16. The first-order valence-electron chi connectivity index (χ1n) is 5.91. The van der Waals surface area contributed by atoms with Crippen LogP contribution in [0.15, 0.2) is 24.3 Å². The molecule has 2 rings (SSSR count). The first-order chi connectivity index (χ1) is 7.84. The first-order valence-corrected chi connectivity index (χ1v) is 7.06. The summed E-state index contributed by atoms with van der Waals surface area (Å²) in [5.74, 6) is 3.85. The van der Waals surface area contributed by atoms with E-state index in [9.17, 15) is 0 Å². The topological polar surface area (TPSA) is 32.3 Å². The van der Waals surface area contributed by atoms with Crippen LogP contribution in [-0.4, -0.2) is 23.2 Å². The maximum absolute atomic E-state index is 9.16. The second-order valence-corrected chi connectivity index (χ2v) is 5.58. The fraction of sp³-hybridized carbons (Fsp3) is 0.538. The van der Waals surface area contributed by atoms with E-state index in [0.717, 1.165) is 19.0 Å². The molecule has 1 aliphatic heterocycles. The molecule has 0 atom stereocenters. The molecule has 2 nitrogen and oxygen atoms in total. The lowest BCUT2D eigenvalue weighted by Gasteiger charge is -2.21. The van der Waals surface area contributed by atoms with Crippen molar-refractivity contribution in [2.75, 3.05) is 18.1 Å². The number of phenolic OH excluding ortho intramolecular Hbond substituents is 1. The predicted octanol–water partition coefficient (Wildman–Crippen LogP) is 2.63. The second kappa shape index (κ2) is 6.16. The molecule has 0 aliphatic carbocycles. The molecule has 0 spiro atoms. The molecule has 3 heteroatoms. The molecule has 88 valence electrons. The van der Waals surface area contributed by atoms with Crippen LogP contribution in [0.5, 0.6) is 5.75 Å². The quantitative estimate of drug-likeness (QED) is 0.844. The number of hydrogen-bond acceptors (Lipinski definition) is 3. The van der Waals surface area contributed by atoms with Crippen LogP contribution in [0.25, 0.3) is 0 Å². The number of nitrogens with one attached hydrogen (secondary N) is 1. The third-order valence-corrected chi connectivity index (χ3v) is 4.09. The van der Waals surface area contributed by atoms with E-state index in [4.69, 9.17) is 5.11 Å². The fourth-order valence-corrected chi connectivity index (χ4v) is 3.19. The van der Waals surface area contributed by atoms with E-state index in [-0.39, 0.29) is 0 Å². The zero-order chi connectivity index (χ0) is 11.2. The third-order valence-electron chi connectivity index (χ3n) is 3.04. The highest BCUT2D eigenvalue weighted by Gasteiger charge is 2.12. The number of rotatable bonds is 4. The van der Waals surface area contributed by atoms with Crippen LogP contribution >= 0.6 is 11.8 Å². The van der Waals surface area contributed by atoms with Gasteiger partial charge in [0.05, 0.1) is 0 Å². The SMILES string of the molecule is Oc1ccc(CNCC2CCSCC2)cc1. The van der Waals surface area contributed by atoms with Crippen molar-refractivity contribution in [2.24, 2.45) is 5.92 Å². The molecule has 0 saturated carbocycles. The van der Waals surface area contributed by atoms with Crippen molar-refractivity contribution < 1.29 is 5.11 Å². The summed E-state index contributed by atoms with van der Waals surface area (Å²) in [5.41, 5.74) is 1.24. The molecule has 1 heterocycles. The van der Waals surface area contributed by atoms with Crippen molar-refractivity contribution in [2.45, 2.75) is 19.4 Å². The molecule has 1 aromatic carbocycles. The largest absolute Gasteiger partial charge is 0.508 e. The van der Waals surface area contributed by atoms with Gasteiger partial charge in [-0.05, 0) is 54.5 Å². The van der Waals surface area contributed by atoms with E-state index in [1.54, 1.807) is 12.1 Å². The van der Waals surface area contributed by atoms with Gasteiger partial charge < -0.3 is 10.4 Å². The molecule has 1 aromatic rings. The summed E-state index contributed by atoms with van der Waals surface area (Å²) in [5, 5.41) is 12.7. The molecular formula is C13H19NOS. The van der Waals surface area contributed by atoms with Crippen molar-refractivity contribution in [1.29, 1.82) is 0 Å². The van der Waals surface area contributed by atoms with Gasteiger partial charge in [-0.25, -0.2) is 0 Å². The Morgan fingerprint density at radius 3 is 2.56 bits per heavy atom. The Kier molecular flexibility index (Phi) is 4.55. The van der Waals surface area contributed by atoms with Gasteiger partial charge >= 0.3 is 0 Å². The minimum absolute atomic E-state index is 0.341. The fourth-order valence-electron chi connectivity index (χ4n) is 1.98. The first kappa shape index (κ1) is 11.8. The van der Waals surface area contributed by atoms with Crippen molar-refractivity contribution >= 4 is 11.8 Å². The van der Waals surface area contributed by atoms with Crippen molar-refractivity contribution in [1.82, 2.24) is 5.32 Å². The Balaban J connectivity index is 1.69.